The summed E-state index contributed by atoms with van der Waals surface area (Å²) in [7, 11) is 1.63. The number of Topliss-reactive ketones (excluding diaryl/α,β-unsaturated/α-hetero) is 1. The monoisotopic (exact) mass is 556 g/mol. The van der Waals surface area contributed by atoms with Gasteiger partial charge in [-0.2, -0.15) is 0 Å². The molecule has 1 aliphatic heterocycles. The molecule has 0 amide bonds. The lowest BCUT2D eigenvalue weighted by molar-refractivity contribution is -0.149. The maximum atomic E-state index is 13.3. The molecule has 1 aliphatic carbocycles. The molecule has 220 valence electrons. The van der Waals surface area contributed by atoms with Crippen molar-refractivity contribution in [1.29, 1.82) is 0 Å². The molecule has 1 aromatic rings. The fourth-order valence-electron chi connectivity index (χ4n) is 5.81. The second-order valence-electron chi connectivity index (χ2n) is 12.1. The zero-order chi connectivity index (χ0) is 29.8. The maximum absolute atomic E-state index is 13.3. The average Bonchev–Trinajstić information content (AvgIpc) is 3.20. The van der Waals surface area contributed by atoms with Crippen LogP contribution in [0.5, 0.6) is 5.75 Å². The molecule has 7 atom stereocenters. The van der Waals surface area contributed by atoms with Crippen molar-refractivity contribution in [3.63, 3.8) is 0 Å². The van der Waals surface area contributed by atoms with Crippen LogP contribution in [0.1, 0.15) is 78.9 Å². The molecule has 8 nitrogen and oxygen atoms in total. The Labute approximate surface area is 237 Å². The summed E-state index contributed by atoms with van der Waals surface area (Å²) < 4.78 is 16.3. The summed E-state index contributed by atoms with van der Waals surface area (Å²) >= 11 is 0. The Kier molecular flexibility index (Phi) is 10.4. The van der Waals surface area contributed by atoms with Gasteiger partial charge in [0.1, 0.15) is 23.5 Å². The molecule has 0 saturated carbocycles. The number of phenolic OH excluding ortho intramolecular Hbond substituents is 1. The second kappa shape index (κ2) is 13.1. The number of ketones is 1. The van der Waals surface area contributed by atoms with E-state index in [2.05, 4.69) is 0 Å². The van der Waals surface area contributed by atoms with Crippen LogP contribution in [0.4, 0.5) is 0 Å². The maximum Gasteiger partial charge on any atom is 0.342 e. The van der Waals surface area contributed by atoms with Gasteiger partial charge in [0.15, 0.2) is 5.78 Å². The molecule has 1 saturated heterocycles. The number of rotatable bonds is 11. The van der Waals surface area contributed by atoms with Crippen molar-refractivity contribution in [3.8, 4) is 5.75 Å². The number of esters is 2. The molecule has 3 rings (SSSR count). The van der Waals surface area contributed by atoms with Crippen LogP contribution >= 0.6 is 0 Å². The Balaban J connectivity index is 1.75. The quantitative estimate of drug-likeness (QED) is 0.281. The Morgan fingerprint density at radius 1 is 1.20 bits per heavy atom. The van der Waals surface area contributed by atoms with Gasteiger partial charge in [0.2, 0.25) is 0 Å². The van der Waals surface area contributed by atoms with Gasteiger partial charge in [-0.25, -0.2) is 4.79 Å². The van der Waals surface area contributed by atoms with Crippen molar-refractivity contribution >= 4 is 17.7 Å². The van der Waals surface area contributed by atoms with E-state index in [1.165, 1.54) is 0 Å². The number of cyclic esters (lactones) is 1. The molecule has 1 heterocycles. The van der Waals surface area contributed by atoms with Gasteiger partial charge in [0.25, 0.3) is 0 Å². The highest BCUT2D eigenvalue weighted by molar-refractivity contribution is 6.19. The average molecular weight is 557 g/mol. The number of phenols is 1. The van der Waals surface area contributed by atoms with Gasteiger partial charge in [-0.1, -0.05) is 58.9 Å². The lowest BCUT2D eigenvalue weighted by atomic mass is 9.67. The van der Waals surface area contributed by atoms with E-state index in [-0.39, 0.29) is 47.4 Å². The van der Waals surface area contributed by atoms with E-state index in [4.69, 9.17) is 14.2 Å². The molecule has 0 aromatic heterocycles. The first-order valence-electron chi connectivity index (χ1n) is 14.1. The van der Waals surface area contributed by atoms with Crippen molar-refractivity contribution in [2.75, 3.05) is 7.11 Å². The Morgan fingerprint density at radius 2 is 1.90 bits per heavy atom. The van der Waals surface area contributed by atoms with E-state index in [1.54, 1.807) is 45.2 Å². The molecule has 40 heavy (non-hydrogen) atoms. The summed E-state index contributed by atoms with van der Waals surface area (Å²) in [6.45, 7) is 11.3. The zero-order valence-electron chi connectivity index (χ0n) is 24.7. The highest BCUT2D eigenvalue weighted by Gasteiger charge is 2.43. The van der Waals surface area contributed by atoms with Crippen LogP contribution in [-0.2, 0) is 28.6 Å². The van der Waals surface area contributed by atoms with Gasteiger partial charge >= 0.3 is 11.9 Å². The molecule has 0 radical (unpaired) electrons. The number of hydrogen-bond donors (Lipinski definition) is 2. The lowest BCUT2D eigenvalue weighted by Crippen LogP contribution is -2.37. The smallest absolute Gasteiger partial charge is 0.342 e. The minimum absolute atomic E-state index is 0.00957. The summed E-state index contributed by atoms with van der Waals surface area (Å²) in [4.78, 5) is 38.1. The van der Waals surface area contributed by atoms with Crippen LogP contribution in [0.15, 0.2) is 47.6 Å². The SMILES string of the molecule is CO[C@@H](CC[C@H](C)[C@@H](O)[C@@H](C)/C=C/C1=C(C(=O)O[C@@H]2CC(=O)O[C@@H]2C)C(=O)[C@H](C)CC1(C)C)c1cccc(O)c1. The van der Waals surface area contributed by atoms with Crippen molar-refractivity contribution in [2.24, 2.45) is 23.2 Å². The number of aliphatic hydroxyl groups excluding tert-OH is 1. The fraction of sp³-hybridized carbons (Fsp3) is 0.594. The van der Waals surface area contributed by atoms with E-state index in [0.717, 1.165) is 5.56 Å². The highest BCUT2D eigenvalue weighted by Crippen LogP contribution is 2.43. The second-order valence-corrected chi connectivity index (χ2v) is 12.1. The number of ether oxygens (including phenoxy) is 3. The molecule has 2 N–H and O–H groups in total. The molecule has 2 aliphatic rings. The largest absolute Gasteiger partial charge is 0.508 e. The van der Waals surface area contributed by atoms with E-state index < -0.39 is 35.7 Å². The van der Waals surface area contributed by atoms with Gasteiger partial charge in [0, 0.05) is 18.9 Å². The van der Waals surface area contributed by atoms with Gasteiger partial charge in [-0.05, 0) is 60.8 Å². The number of carbonyl (C=O) groups excluding carboxylic acids is 3. The van der Waals surface area contributed by atoms with Crippen molar-refractivity contribution < 1.29 is 38.8 Å². The van der Waals surface area contributed by atoms with Gasteiger partial charge < -0.3 is 24.4 Å². The van der Waals surface area contributed by atoms with Crippen LogP contribution in [0.3, 0.4) is 0 Å². The van der Waals surface area contributed by atoms with E-state index in [0.29, 0.717) is 24.8 Å². The van der Waals surface area contributed by atoms with Gasteiger partial charge in [-0.15, -0.1) is 0 Å². The number of benzene rings is 1. The third-order valence-corrected chi connectivity index (χ3v) is 8.28. The molecule has 1 aromatic carbocycles. The highest BCUT2D eigenvalue weighted by atomic mass is 16.6. The normalized spacial score (nSPS) is 25.9. The lowest BCUT2D eigenvalue weighted by Gasteiger charge is -2.36. The Morgan fingerprint density at radius 3 is 2.50 bits per heavy atom. The third-order valence-electron chi connectivity index (χ3n) is 8.28. The van der Waals surface area contributed by atoms with Crippen LogP contribution < -0.4 is 0 Å². The Hall–Kier alpha value is -2.97. The number of allylic oxidation sites excluding steroid dienone is 2. The summed E-state index contributed by atoms with van der Waals surface area (Å²) in [5, 5.41) is 20.9. The first-order chi connectivity index (χ1) is 18.7. The predicted octanol–water partition coefficient (Wildman–Crippen LogP) is 5.23. The van der Waals surface area contributed by atoms with Crippen LogP contribution in [0.2, 0.25) is 0 Å². The van der Waals surface area contributed by atoms with Gasteiger partial charge in [0.05, 0.1) is 18.6 Å². The van der Waals surface area contributed by atoms with E-state index in [9.17, 15) is 24.6 Å². The number of aromatic hydroxyl groups is 1. The van der Waals surface area contributed by atoms with E-state index >= 15 is 0 Å². The third kappa shape index (κ3) is 7.40. The molecule has 8 heteroatoms. The fourth-order valence-corrected chi connectivity index (χ4v) is 5.81. The first-order valence-corrected chi connectivity index (χ1v) is 14.1. The zero-order valence-corrected chi connectivity index (χ0v) is 24.7. The summed E-state index contributed by atoms with van der Waals surface area (Å²) in [5.74, 6) is -1.93. The number of hydrogen-bond acceptors (Lipinski definition) is 8. The molecule has 0 bridgehead atoms. The number of aliphatic hydroxyl groups is 1. The Bertz CT molecular complexity index is 1150. The van der Waals surface area contributed by atoms with Crippen LogP contribution in [0, 0.1) is 23.2 Å². The first kappa shape index (κ1) is 31.6. The summed E-state index contributed by atoms with van der Waals surface area (Å²) in [6, 6.07) is 6.98. The summed E-state index contributed by atoms with van der Waals surface area (Å²) in [5.41, 5.74) is 0.989. The number of carbonyl (C=O) groups is 3. The van der Waals surface area contributed by atoms with Crippen molar-refractivity contribution in [3.05, 3.63) is 53.1 Å². The number of methoxy groups -OCH3 is 1. The predicted molar refractivity (Wildman–Crippen MR) is 150 cm³/mol. The van der Waals surface area contributed by atoms with Crippen LogP contribution in [-0.4, -0.2) is 53.4 Å². The summed E-state index contributed by atoms with van der Waals surface area (Å²) in [6.07, 6.45) is 3.36. The van der Waals surface area contributed by atoms with Crippen LogP contribution in [0.25, 0.3) is 0 Å². The van der Waals surface area contributed by atoms with Gasteiger partial charge in [-0.3, -0.25) is 9.59 Å². The standard InChI is InChI=1S/C32H44O8/c1-18(29(35)19(2)12-14-25(38-7)22-9-8-10-23(33)15-22)11-13-24-28(30(36)20(3)17-32(24,5)6)31(37)40-26-16-27(34)39-21(26)4/h8-11,13,15,18-21,25-26,29,33,35H,12,14,16-17H2,1-7H3/b13-11+/t18-,19-,20+,21+,25-,26+,29-/m0/s1. The van der Waals surface area contributed by atoms with Crippen molar-refractivity contribution in [1.82, 2.24) is 0 Å². The molecular weight excluding hydrogens is 512 g/mol. The molecule has 0 spiro atoms. The van der Waals surface area contributed by atoms with Crippen molar-refractivity contribution in [2.45, 2.75) is 91.6 Å². The topological polar surface area (TPSA) is 119 Å². The molecular formula is C32H44O8. The molecule has 1 fully saturated rings. The minimum Gasteiger partial charge on any atom is -0.508 e. The van der Waals surface area contributed by atoms with E-state index in [1.807, 2.05) is 39.8 Å². The minimum atomic E-state index is -0.737. The molecule has 0 unspecified atom stereocenters.